The standard InChI is InChI=1S/C24H32O2/c1-3-5-17-24(18-6-4-2,21-15-11-8-12-16-21)22(23(25)26)19-20-13-9-7-10-14-20/h7-16,22H,3-6,17-19H2,1-2H3,(H,25,26). The van der Waals surface area contributed by atoms with E-state index in [-0.39, 0.29) is 5.41 Å². The van der Waals surface area contributed by atoms with Crippen molar-refractivity contribution in [2.45, 2.75) is 64.2 Å². The molecule has 0 aliphatic rings. The molecule has 1 atom stereocenters. The van der Waals surface area contributed by atoms with Gasteiger partial charge in [0.15, 0.2) is 0 Å². The van der Waals surface area contributed by atoms with Gasteiger partial charge in [0.1, 0.15) is 0 Å². The van der Waals surface area contributed by atoms with Crippen molar-refractivity contribution in [2.24, 2.45) is 5.92 Å². The van der Waals surface area contributed by atoms with Gasteiger partial charge in [0.05, 0.1) is 5.92 Å². The lowest BCUT2D eigenvalue weighted by Gasteiger charge is -2.40. The topological polar surface area (TPSA) is 37.3 Å². The van der Waals surface area contributed by atoms with Gasteiger partial charge < -0.3 is 5.11 Å². The molecule has 0 spiro atoms. The van der Waals surface area contributed by atoms with Crippen LogP contribution < -0.4 is 0 Å². The van der Waals surface area contributed by atoms with E-state index < -0.39 is 11.9 Å². The molecule has 0 heterocycles. The Morgan fingerprint density at radius 1 is 0.885 bits per heavy atom. The largest absolute Gasteiger partial charge is 0.481 e. The molecule has 0 aliphatic carbocycles. The first-order valence-electron chi connectivity index (χ1n) is 9.96. The number of carboxylic acid groups (broad SMARTS) is 1. The predicted octanol–water partition coefficient (Wildman–Crippen LogP) is 6.25. The van der Waals surface area contributed by atoms with E-state index in [4.69, 9.17) is 0 Å². The summed E-state index contributed by atoms with van der Waals surface area (Å²) in [5, 5.41) is 10.2. The first-order valence-corrected chi connectivity index (χ1v) is 9.96. The maximum atomic E-state index is 12.5. The molecule has 0 bridgehead atoms. The molecule has 0 saturated carbocycles. The molecule has 2 rings (SSSR count). The van der Waals surface area contributed by atoms with Gasteiger partial charge in [-0.15, -0.1) is 0 Å². The first-order chi connectivity index (χ1) is 12.6. The molecule has 0 radical (unpaired) electrons. The van der Waals surface area contributed by atoms with Crippen molar-refractivity contribution in [1.82, 2.24) is 0 Å². The summed E-state index contributed by atoms with van der Waals surface area (Å²) in [6, 6.07) is 20.4. The molecule has 2 nitrogen and oxygen atoms in total. The second-order valence-corrected chi connectivity index (χ2v) is 7.31. The summed E-state index contributed by atoms with van der Waals surface area (Å²) in [5.74, 6) is -1.09. The summed E-state index contributed by atoms with van der Waals surface area (Å²) in [6.45, 7) is 4.37. The van der Waals surface area contributed by atoms with Crippen molar-refractivity contribution < 1.29 is 9.90 Å². The predicted molar refractivity (Wildman–Crippen MR) is 108 cm³/mol. The second kappa shape index (κ2) is 10.2. The summed E-state index contributed by atoms with van der Waals surface area (Å²) < 4.78 is 0. The van der Waals surface area contributed by atoms with Crippen LogP contribution in [0.1, 0.15) is 63.5 Å². The number of hydrogen-bond donors (Lipinski definition) is 1. The molecule has 0 amide bonds. The van der Waals surface area contributed by atoms with Gasteiger partial charge >= 0.3 is 5.97 Å². The minimum atomic E-state index is -0.676. The van der Waals surface area contributed by atoms with E-state index in [0.717, 1.165) is 44.1 Å². The van der Waals surface area contributed by atoms with Crippen molar-refractivity contribution in [3.8, 4) is 0 Å². The smallest absolute Gasteiger partial charge is 0.307 e. The van der Waals surface area contributed by atoms with Crippen LogP contribution in [0.3, 0.4) is 0 Å². The minimum absolute atomic E-state index is 0.311. The van der Waals surface area contributed by atoms with Gasteiger partial charge in [-0.2, -0.15) is 0 Å². The highest BCUT2D eigenvalue weighted by Crippen LogP contribution is 2.43. The zero-order valence-corrected chi connectivity index (χ0v) is 16.2. The van der Waals surface area contributed by atoms with Crippen LogP contribution in [-0.2, 0) is 16.6 Å². The van der Waals surface area contributed by atoms with Gasteiger partial charge in [0.25, 0.3) is 0 Å². The van der Waals surface area contributed by atoms with Gasteiger partial charge in [-0.1, -0.05) is 100 Å². The monoisotopic (exact) mass is 352 g/mol. The van der Waals surface area contributed by atoms with E-state index in [1.807, 2.05) is 48.5 Å². The van der Waals surface area contributed by atoms with Crippen LogP contribution in [0.15, 0.2) is 60.7 Å². The van der Waals surface area contributed by atoms with Crippen molar-refractivity contribution in [1.29, 1.82) is 0 Å². The fraction of sp³-hybridized carbons (Fsp3) is 0.458. The normalized spacial score (nSPS) is 12.7. The molecular formula is C24H32O2. The first kappa shape index (κ1) is 20.2. The van der Waals surface area contributed by atoms with E-state index in [2.05, 4.69) is 26.0 Å². The SMILES string of the molecule is CCCCC(CCCC)(c1ccccc1)C(Cc1ccccc1)C(=O)O. The highest BCUT2D eigenvalue weighted by Gasteiger charge is 2.43. The average molecular weight is 353 g/mol. The number of unbranched alkanes of at least 4 members (excludes halogenated alkanes) is 2. The third-order valence-corrected chi connectivity index (χ3v) is 5.55. The van der Waals surface area contributed by atoms with Gasteiger partial charge in [-0.25, -0.2) is 0 Å². The van der Waals surface area contributed by atoms with Crippen LogP contribution in [0.25, 0.3) is 0 Å². The molecule has 0 saturated heterocycles. The summed E-state index contributed by atoms with van der Waals surface area (Å²) in [5.41, 5.74) is 1.98. The molecular weight excluding hydrogens is 320 g/mol. The number of hydrogen-bond acceptors (Lipinski definition) is 1. The number of benzene rings is 2. The zero-order valence-electron chi connectivity index (χ0n) is 16.2. The van der Waals surface area contributed by atoms with Crippen LogP contribution in [0, 0.1) is 5.92 Å². The van der Waals surface area contributed by atoms with Crippen molar-refractivity contribution in [3.05, 3.63) is 71.8 Å². The van der Waals surface area contributed by atoms with E-state index in [9.17, 15) is 9.90 Å². The Morgan fingerprint density at radius 2 is 1.38 bits per heavy atom. The van der Waals surface area contributed by atoms with Gasteiger partial charge in [-0.3, -0.25) is 4.79 Å². The fourth-order valence-corrected chi connectivity index (χ4v) is 4.09. The average Bonchev–Trinajstić information content (AvgIpc) is 2.68. The molecule has 26 heavy (non-hydrogen) atoms. The summed E-state index contributed by atoms with van der Waals surface area (Å²) >= 11 is 0. The van der Waals surface area contributed by atoms with Crippen LogP contribution in [0.2, 0.25) is 0 Å². The van der Waals surface area contributed by atoms with Crippen molar-refractivity contribution in [3.63, 3.8) is 0 Å². The zero-order chi connectivity index (χ0) is 18.8. The van der Waals surface area contributed by atoms with E-state index >= 15 is 0 Å². The van der Waals surface area contributed by atoms with Crippen LogP contribution >= 0.6 is 0 Å². The summed E-state index contributed by atoms with van der Waals surface area (Å²) in [6.07, 6.45) is 6.71. The summed E-state index contributed by atoms with van der Waals surface area (Å²) in [4.78, 5) is 12.5. The lowest BCUT2D eigenvalue weighted by atomic mass is 9.63. The van der Waals surface area contributed by atoms with E-state index in [0.29, 0.717) is 6.42 Å². The number of rotatable bonds is 11. The van der Waals surface area contributed by atoms with Crippen molar-refractivity contribution >= 4 is 5.97 Å². The van der Waals surface area contributed by atoms with Crippen LogP contribution in [0.4, 0.5) is 0 Å². The highest BCUT2D eigenvalue weighted by atomic mass is 16.4. The number of aliphatic carboxylic acids is 1. The van der Waals surface area contributed by atoms with E-state index in [1.54, 1.807) is 0 Å². The number of carbonyl (C=O) groups is 1. The molecule has 0 fully saturated rings. The Kier molecular flexibility index (Phi) is 7.90. The molecule has 0 aliphatic heterocycles. The summed E-state index contributed by atoms with van der Waals surface area (Å²) in [7, 11) is 0. The van der Waals surface area contributed by atoms with Gasteiger partial charge in [0, 0.05) is 5.41 Å². The highest BCUT2D eigenvalue weighted by molar-refractivity contribution is 5.73. The maximum Gasteiger partial charge on any atom is 0.307 e. The quantitative estimate of drug-likeness (QED) is 0.519. The third-order valence-electron chi connectivity index (χ3n) is 5.55. The Bertz CT molecular complexity index is 640. The molecule has 0 aromatic heterocycles. The van der Waals surface area contributed by atoms with Crippen LogP contribution in [-0.4, -0.2) is 11.1 Å². The molecule has 2 aromatic rings. The molecule has 1 unspecified atom stereocenters. The molecule has 1 N–H and O–H groups in total. The fourth-order valence-electron chi connectivity index (χ4n) is 4.09. The third kappa shape index (κ3) is 4.97. The van der Waals surface area contributed by atoms with Gasteiger partial charge in [0.2, 0.25) is 0 Å². The maximum absolute atomic E-state index is 12.5. The Hall–Kier alpha value is -2.09. The van der Waals surface area contributed by atoms with Crippen LogP contribution in [0.5, 0.6) is 0 Å². The molecule has 140 valence electrons. The Labute approximate surface area is 158 Å². The van der Waals surface area contributed by atoms with Gasteiger partial charge in [-0.05, 0) is 30.4 Å². The number of carboxylic acids is 1. The lowest BCUT2D eigenvalue weighted by Crippen LogP contribution is -2.41. The van der Waals surface area contributed by atoms with E-state index in [1.165, 1.54) is 5.56 Å². The second-order valence-electron chi connectivity index (χ2n) is 7.31. The Balaban J connectivity index is 2.50. The van der Waals surface area contributed by atoms with Crippen molar-refractivity contribution in [2.75, 3.05) is 0 Å². The minimum Gasteiger partial charge on any atom is -0.481 e. The Morgan fingerprint density at radius 3 is 1.85 bits per heavy atom. The molecule has 2 aromatic carbocycles. The molecule has 2 heteroatoms. The lowest BCUT2D eigenvalue weighted by molar-refractivity contribution is -0.145.